The fourth-order valence-electron chi connectivity index (χ4n) is 2.84. The largest absolute Gasteiger partial charge is 0.434 e. The van der Waals surface area contributed by atoms with Crippen molar-refractivity contribution in [2.75, 3.05) is 26.8 Å². The Morgan fingerprint density at radius 2 is 2.04 bits per heavy atom. The predicted molar refractivity (Wildman–Crippen MR) is 81.3 cm³/mol. The van der Waals surface area contributed by atoms with Crippen LogP contribution in [0.1, 0.15) is 18.4 Å². The second kappa shape index (κ2) is 8.21. The summed E-state index contributed by atoms with van der Waals surface area (Å²) in [5.41, 5.74) is -0.0546. The number of hydrogen-bond acceptors (Lipinski definition) is 4. The van der Waals surface area contributed by atoms with Gasteiger partial charge in [-0.3, -0.25) is 4.79 Å². The summed E-state index contributed by atoms with van der Waals surface area (Å²) in [6.45, 7) is -0.906. The maximum atomic E-state index is 12.6. The lowest BCUT2D eigenvalue weighted by atomic mass is 9.78. The number of halogens is 2. The minimum Gasteiger partial charge on any atom is -0.434 e. The molecule has 1 aromatic rings. The van der Waals surface area contributed by atoms with Gasteiger partial charge < -0.3 is 20.1 Å². The van der Waals surface area contributed by atoms with Crippen LogP contribution in [-0.2, 0) is 16.1 Å². The molecule has 1 aromatic carbocycles. The summed E-state index contributed by atoms with van der Waals surface area (Å²) in [6, 6.07) is 6.45. The van der Waals surface area contributed by atoms with Gasteiger partial charge in [-0.15, -0.1) is 0 Å². The van der Waals surface area contributed by atoms with Crippen LogP contribution >= 0.6 is 0 Å². The van der Waals surface area contributed by atoms with Gasteiger partial charge in [-0.25, -0.2) is 0 Å². The minimum atomic E-state index is -2.89. The first-order valence-electron chi connectivity index (χ1n) is 7.58. The molecule has 0 bridgehead atoms. The Kier molecular flexibility index (Phi) is 6.29. The molecule has 1 heterocycles. The number of ether oxygens (including phenoxy) is 2. The van der Waals surface area contributed by atoms with E-state index in [-0.39, 0.29) is 18.2 Å². The van der Waals surface area contributed by atoms with E-state index in [1.165, 1.54) is 6.07 Å². The van der Waals surface area contributed by atoms with Crippen LogP contribution in [0.4, 0.5) is 8.78 Å². The lowest BCUT2D eigenvalue weighted by molar-refractivity contribution is -0.136. The van der Waals surface area contributed by atoms with Crippen LogP contribution in [0, 0.1) is 5.41 Å². The van der Waals surface area contributed by atoms with E-state index >= 15 is 0 Å². The topological polar surface area (TPSA) is 59.6 Å². The molecular weight excluding hydrogens is 306 g/mol. The monoisotopic (exact) mass is 328 g/mol. The molecule has 1 aliphatic heterocycles. The van der Waals surface area contributed by atoms with Crippen LogP contribution in [0.15, 0.2) is 24.3 Å². The van der Waals surface area contributed by atoms with Crippen LogP contribution in [0.25, 0.3) is 0 Å². The van der Waals surface area contributed by atoms with E-state index in [2.05, 4.69) is 15.4 Å². The lowest BCUT2D eigenvalue weighted by Crippen LogP contribution is -2.50. The Hall–Kier alpha value is -1.73. The summed E-state index contributed by atoms with van der Waals surface area (Å²) < 4.78 is 34.5. The third-order valence-electron chi connectivity index (χ3n) is 4.09. The molecule has 0 atom stereocenters. The number of carbonyl (C=O) groups excluding carboxylic acids is 1. The summed E-state index contributed by atoms with van der Waals surface area (Å²) in [5, 5.41) is 6.05. The minimum absolute atomic E-state index is 0.0777. The van der Waals surface area contributed by atoms with E-state index in [1.807, 2.05) is 0 Å². The third kappa shape index (κ3) is 4.62. The molecule has 128 valence electrons. The SMILES string of the molecule is COCC1(C(=O)NCc2ccccc2OC(F)F)CCNCC1. The molecule has 1 fully saturated rings. The molecule has 1 aliphatic rings. The van der Waals surface area contributed by atoms with Crippen LogP contribution in [0.5, 0.6) is 5.75 Å². The van der Waals surface area contributed by atoms with Gasteiger partial charge >= 0.3 is 6.61 Å². The molecular formula is C16H22F2N2O3. The number of methoxy groups -OCH3 is 1. The van der Waals surface area contributed by atoms with Gasteiger partial charge in [0.15, 0.2) is 0 Å². The first-order chi connectivity index (χ1) is 11.1. The van der Waals surface area contributed by atoms with Gasteiger partial charge in [0.1, 0.15) is 5.75 Å². The van der Waals surface area contributed by atoms with E-state index < -0.39 is 12.0 Å². The van der Waals surface area contributed by atoms with E-state index in [4.69, 9.17) is 4.74 Å². The molecule has 1 saturated heterocycles. The van der Waals surface area contributed by atoms with E-state index in [0.29, 0.717) is 25.0 Å². The van der Waals surface area contributed by atoms with Crippen molar-refractivity contribution in [3.63, 3.8) is 0 Å². The van der Waals surface area contributed by atoms with Crippen molar-refractivity contribution in [3.05, 3.63) is 29.8 Å². The molecule has 7 heteroatoms. The second-order valence-electron chi connectivity index (χ2n) is 5.63. The quantitative estimate of drug-likeness (QED) is 0.803. The summed E-state index contributed by atoms with van der Waals surface area (Å²) in [6.07, 6.45) is 1.36. The van der Waals surface area contributed by atoms with Gasteiger partial charge in [0, 0.05) is 19.2 Å². The summed E-state index contributed by atoms with van der Waals surface area (Å²) in [5.74, 6) is -0.0402. The Morgan fingerprint density at radius 3 is 2.70 bits per heavy atom. The Labute approximate surface area is 134 Å². The molecule has 0 spiro atoms. The zero-order chi connectivity index (χ0) is 16.7. The average molecular weight is 328 g/mol. The fourth-order valence-corrected chi connectivity index (χ4v) is 2.84. The number of nitrogens with one attached hydrogen (secondary N) is 2. The first kappa shape index (κ1) is 17.6. The second-order valence-corrected chi connectivity index (χ2v) is 5.63. The van der Waals surface area contributed by atoms with Crippen LogP contribution < -0.4 is 15.4 Å². The maximum absolute atomic E-state index is 12.6. The molecule has 0 aliphatic carbocycles. The van der Waals surface area contributed by atoms with Gasteiger partial charge in [-0.2, -0.15) is 8.78 Å². The average Bonchev–Trinajstić information content (AvgIpc) is 2.54. The van der Waals surface area contributed by atoms with Crippen molar-refractivity contribution in [2.24, 2.45) is 5.41 Å². The lowest BCUT2D eigenvalue weighted by Gasteiger charge is -2.35. The molecule has 0 unspecified atom stereocenters. The van der Waals surface area contributed by atoms with Gasteiger partial charge in [-0.05, 0) is 32.0 Å². The smallest absolute Gasteiger partial charge is 0.387 e. The summed E-state index contributed by atoms with van der Waals surface area (Å²) >= 11 is 0. The fraction of sp³-hybridized carbons (Fsp3) is 0.562. The number of amides is 1. The highest BCUT2D eigenvalue weighted by molar-refractivity contribution is 5.83. The molecule has 23 heavy (non-hydrogen) atoms. The van der Waals surface area contributed by atoms with Crippen molar-refractivity contribution >= 4 is 5.91 Å². The van der Waals surface area contributed by atoms with Crippen LogP contribution in [-0.4, -0.2) is 39.3 Å². The van der Waals surface area contributed by atoms with E-state index in [0.717, 1.165) is 13.1 Å². The van der Waals surface area contributed by atoms with E-state index in [1.54, 1.807) is 25.3 Å². The Bertz CT molecular complexity index is 514. The van der Waals surface area contributed by atoms with E-state index in [9.17, 15) is 13.6 Å². The van der Waals surface area contributed by atoms with Crippen molar-refractivity contribution in [2.45, 2.75) is 26.0 Å². The number of hydrogen-bond donors (Lipinski definition) is 2. The third-order valence-corrected chi connectivity index (χ3v) is 4.09. The normalized spacial score (nSPS) is 17.0. The molecule has 0 aromatic heterocycles. The van der Waals surface area contributed by atoms with Gasteiger partial charge in [0.25, 0.3) is 0 Å². The number of carbonyl (C=O) groups is 1. The molecule has 0 radical (unpaired) electrons. The molecule has 0 saturated carbocycles. The van der Waals surface area contributed by atoms with Gasteiger partial charge in [0.05, 0.1) is 12.0 Å². The number of piperidine rings is 1. The summed E-state index contributed by atoms with van der Waals surface area (Å²) in [7, 11) is 1.57. The molecule has 5 nitrogen and oxygen atoms in total. The van der Waals surface area contributed by atoms with Crippen LogP contribution in [0.2, 0.25) is 0 Å². The zero-order valence-corrected chi connectivity index (χ0v) is 13.1. The zero-order valence-electron chi connectivity index (χ0n) is 13.1. The number of benzene rings is 1. The van der Waals surface area contributed by atoms with Crippen molar-refractivity contribution in [1.29, 1.82) is 0 Å². The van der Waals surface area contributed by atoms with Gasteiger partial charge in [-0.1, -0.05) is 18.2 Å². The highest BCUT2D eigenvalue weighted by Gasteiger charge is 2.39. The highest BCUT2D eigenvalue weighted by atomic mass is 19.3. The summed E-state index contributed by atoms with van der Waals surface area (Å²) in [4.78, 5) is 12.6. The Morgan fingerprint density at radius 1 is 1.35 bits per heavy atom. The number of rotatable bonds is 7. The molecule has 1 amide bonds. The van der Waals surface area contributed by atoms with Crippen LogP contribution in [0.3, 0.4) is 0 Å². The maximum Gasteiger partial charge on any atom is 0.387 e. The predicted octanol–water partition coefficient (Wildman–Crippen LogP) is 1.92. The number of alkyl halides is 2. The van der Waals surface area contributed by atoms with Crippen molar-refractivity contribution in [3.8, 4) is 5.75 Å². The Balaban J connectivity index is 2.03. The molecule has 2 rings (SSSR count). The van der Waals surface area contributed by atoms with Gasteiger partial charge in [0.2, 0.25) is 5.91 Å². The molecule has 2 N–H and O–H groups in total. The highest BCUT2D eigenvalue weighted by Crippen LogP contribution is 2.30. The van der Waals surface area contributed by atoms with Crippen molar-refractivity contribution in [1.82, 2.24) is 10.6 Å². The standard InChI is InChI=1S/C16H22F2N2O3/c1-22-11-16(6-8-19-9-7-16)14(21)20-10-12-4-2-3-5-13(12)23-15(17)18/h2-5,15,19H,6-11H2,1H3,(H,20,21). The van der Waals surface area contributed by atoms with Crippen molar-refractivity contribution < 1.29 is 23.0 Å². The first-order valence-corrected chi connectivity index (χ1v) is 7.58. The number of para-hydroxylation sites is 1.